The van der Waals surface area contributed by atoms with Gasteiger partial charge in [0, 0.05) is 17.1 Å². The molecule has 0 unspecified atom stereocenters. The smallest absolute Gasteiger partial charge is 0.243 e. The van der Waals surface area contributed by atoms with Gasteiger partial charge >= 0.3 is 0 Å². The van der Waals surface area contributed by atoms with Crippen LogP contribution in [0.1, 0.15) is 11.1 Å². The van der Waals surface area contributed by atoms with Gasteiger partial charge < -0.3 is 10.1 Å². The topological polar surface area (TPSA) is 64.9 Å². The molecule has 7 heteroatoms. The van der Waals surface area contributed by atoms with Crippen molar-refractivity contribution in [1.29, 1.82) is 0 Å². The third kappa shape index (κ3) is 4.58. The second kappa shape index (κ2) is 8.30. The molecule has 0 fully saturated rings. The Morgan fingerprint density at radius 3 is 2.84 bits per heavy atom. The highest BCUT2D eigenvalue weighted by Gasteiger charge is 2.09. The SMILES string of the molecule is C=CCn1nnnc1NCc1cc(Cl)ccc1OCc1ccccc1. The van der Waals surface area contributed by atoms with Crippen molar-refractivity contribution in [2.45, 2.75) is 19.7 Å². The van der Waals surface area contributed by atoms with E-state index in [-0.39, 0.29) is 0 Å². The number of ether oxygens (including phenoxy) is 1. The van der Waals surface area contributed by atoms with Crippen molar-refractivity contribution in [3.63, 3.8) is 0 Å². The summed E-state index contributed by atoms with van der Waals surface area (Å²) in [5, 5.41) is 15.4. The molecule has 2 aromatic carbocycles. The van der Waals surface area contributed by atoms with Crippen LogP contribution in [0, 0.1) is 0 Å². The molecule has 1 N–H and O–H groups in total. The summed E-state index contributed by atoms with van der Waals surface area (Å²) >= 11 is 6.13. The normalized spacial score (nSPS) is 10.4. The molecule has 128 valence electrons. The molecule has 1 aromatic heterocycles. The van der Waals surface area contributed by atoms with E-state index in [1.165, 1.54) is 0 Å². The van der Waals surface area contributed by atoms with Gasteiger partial charge in [0.1, 0.15) is 12.4 Å². The van der Waals surface area contributed by atoms with E-state index < -0.39 is 0 Å². The fourth-order valence-corrected chi connectivity index (χ4v) is 2.51. The number of tetrazole rings is 1. The number of benzene rings is 2. The molecule has 0 saturated heterocycles. The zero-order valence-corrected chi connectivity index (χ0v) is 14.4. The summed E-state index contributed by atoms with van der Waals surface area (Å²) in [6.45, 7) is 5.20. The Kier molecular flexibility index (Phi) is 5.64. The van der Waals surface area contributed by atoms with Crippen molar-refractivity contribution >= 4 is 17.5 Å². The fraction of sp³-hybridized carbons (Fsp3) is 0.167. The van der Waals surface area contributed by atoms with Gasteiger partial charge in [-0.3, -0.25) is 0 Å². The van der Waals surface area contributed by atoms with Crippen molar-refractivity contribution in [1.82, 2.24) is 20.2 Å². The fourth-order valence-electron chi connectivity index (χ4n) is 2.31. The monoisotopic (exact) mass is 355 g/mol. The number of halogens is 1. The minimum atomic E-state index is 0.488. The summed E-state index contributed by atoms with van der Waals surface area (Å²) in [5.41, 5.74) is 2.03. The highest BCUT2D eigenvalue weighted by atomic mass is 35.5. The quantitative estimate of drug-likeness (QED) is 0.624. The Bertz CT molecular complexity index is 834. The Balaban J connectivity index is 1.70. The number of aromatic nitrogens is 4. The Hall–Kier alpha value is -2.86. The summed E-state index contributed by atoms with van der Waals surface area (Å²) in [5.74, 6) is 1.33. The van der Waals surface area contributed by atoms with E-state index in [0.717, 1.165) is 16.9 Å². The van der Waals surface area contributed by atoms with Gasteiger partial charge in [0.25, 0.3) is 0 Å². The lowest BCUT2D eigenvalue weighted by Gasteiger charge is -2.13. The van der Waals surface area contributed by atoms with Crippen LogP contribution < -0.4 is 10.1 Å². The molecule has 1 heterocycles. The zero-order chi connectivity index (χ0) is 17.5. The molecule has 0 aliphatic heterocycles. The number of hydrogen-bond donors (Lipinski definition) is 1. The first-order chi connectivity index (χ1) is 12.3. The molecule has 3 rings (SSSR count). The van der Waals surface area contributed by atoms with Crippen LogP contribution in [0.5, 0.6) is 5.75 Å². The molecule has 25 heavy (non-hydrogen) atoms. The Morgan fingerprint density at radius 1 is 1.20 bits per heavy atom. The number of allylic oxidation sites excluding steroid dienone is 1. The predicted molar refractivity (Wildman–Crippen MR) is 97.6 cm³/mol. The largest absolute Gasteiger partial charge is 0.489 e. The van der Waals surface area contributed by atoms with Gasteiger partial charge in [-0.15, -0.1) is 6.58 Å². The minimum absolute atomic E-state index is 0.488. The maximum atomic E-state index is 6.13. The molecule has 0 amide bonds. The van der Waals surface area contributed by atoms with E-state index in [2.05, 4.69) is 27.4 Å². The lowest BCUT2D eigenvalue weighted by molar-refractivity contribution is 0.303. The van der Waals surface area contributed by atoms with Crippen LogP contribution in [-0.2, 0) is 19.7 Å². The molecule has 3 aromatic rings. The van der Waals surface area contributed by atoms with Crippen molar-refractivity contribution in [3.8, 4) is 5.75 Å². The van der Waals surface area contributed by atoms with Crippen LogP contribution in [-0.4, -0.2) is 20.2 Å². The minimum Gasteiger partial charge on any atom is -0.489 e. The number of nitrogens with zero attached hydrogens (tertiary/aromatic N) is 4. The Morgan fingerprint density at radius 2 is 2.04 bits per heavy atom. The van der Waals surface area contributed by atoms with Crippen molar-refractivity contribution < 1.29 is 4.74 Å². The van der Waals surface area contributed by atoms with Crippen LogP contribution in [0.4, 0.5) is 5.95 Å². The van der Waals surface area contributed by atoms with E-state index in [9.17, 15) is 0 Å². The highest BCUT2D eigenvalue weighted by molar-refractivity contribution is 6.30. The van der Waals surface area contributed by atoms with E-state index in [1.807, 2.05) is 48.5 Å². The lowest BCUT2D eigenvalue weighted by Crippen LogP contribution is -2.09. The zero-order valence-electron chi connectivity index (χ0n) is 13.6. The number of nitrogens with one attached hydrogen (secondary N) is 1. The van der Waals surface area contributed by atoms with Gasteiger partial charge in [-0.25, -0.2) is 4.68 Å². The number of hydrogen-bond acceptors (Lipinski definition) is 5. The molecule has 0 radical (unpaired) electrons. The van der Waals surface area contributed by atoms with Crippen LogP contribution in [0.3, 0.4) is 0 Å². The third-order valence-electron chi connectivity index (χ3n) is 3.53. The maximum Gasteiger partial charge on any atom is 0.243 e. The van der Waals surface area contributed by atoms with E-state index in [1.54, 1.807) is 10.8 Å². The second-order valence-electron chi connectivity index (χ2n) is 5.35. The molecule has 0 spiro atoms. The summed E-state index contributed by atoms with van der Waals surface area (Å²) in [6.07, 6.45) is 1.73. The van der Waals surface area contributed by atoms with Crippen LogP contribution in [0.15, 0.2) is 61.2 Å². The van der Waals surface area contributed by atoms with Crippen molar-refractivity contribution in [2.75, 3.05) is 5.32 Å². The van der Waals surface area contributed by atoms with Crippen molar-refractivity contribution in [3.05, 3.63) is 77.3 Å². The second-order valence-corrected chi connectivity index (χ2v) is 5.79. The molecule has 6 nitrogen and oxygen atoms in total. The molecular formula is C18H18ClN5O. The van der Waals surface area contributed by atoms with Gasteiger partial charge in [-0.2, -0.15) is 0 Å². The highest BCUT2D eigenvalue weighted by Crippen LogP contribution is 2.24. The summed E-state index contributed by atoms with van der Waals surface area (Å²) in [7, 11) is 0. The molecule has 0 saturated carbocycles. The van der Waals surface area contributed by atoms with E-state index in [0.29, 0.717) is 30.7 Å². The number of rotatable bonds is 8. The average molecular weight is 356 g/mol. The van der Waals surface area contributed by atoms with Crippen LogP contribution in [0.2, 0.25) is 5.02 Å². The maximum absolute atomic E-state index is 6.13. The predicted octanol–water partition coefficient (Wildman–Crippen LogP) is 3.70. The first-order valence-electron chi connectivity index (χ1n) is 7.82. The summed E-state index contributed by atoms with van der Waals surface area (Å²) in [6, 6.07) is 15.6. The molecule has 0 aliphatic rings. The standard InChI is InChI=1S/C18H18ClN5O/c1-2-10-24-18(21-22-23-24)20-12-15-11-16(19)8-9-17(15)25-13-14-6-4-3-5-7-14/h2-9,11H,1,10,12-13H2,(H,20,21,23). The van der Waals surface area contributed by atoms with E-state index in [4.69, 9.17) is 16.3 Å². The third-order valence-corrected chi connectivity index (χ3v) is 3.77. The molecule has 0 aliphatic carbocycles. The molecule has 0 atom stereocenters. The van der Waals surface area contributed by atoms with Gasteiger partial charge in [-0.05, 0) is 34.2 Å². The molecule has 0 bridgehead atoms. The lowest BCUT2D eigenvalue weighted by atomic mass is 10.2. The van der Waals surface area contributed by atoms with Gasteiger partial charge in [0.2, 0.25) is 5.95 Å². The summed E-state index contributed by atoms with van der Waals surface area (Å²) < 4.78 is 7.58. The van der Waals surface area contributed by atoms with E-state index >= 15 is 0 Å². The first-order valence-corrected chi connectivity index (χ1v) is 8.20. The average Bonchev–Trinajstić information content (AvgIpc) is 3.07. The Labute approximate surface area is 151 Å². The molecular weight excluding hydrogens is 338 g/mol. The van der Waals surface area contributed by atoms with Crippen LogP contribution in [0.25, 0.3) is 0 Å². The summed E-state index contributed by atoms with van der Waals surface area (Å²) in [4.78, 5) is 0. The van der Waals surface area contributed by atoms with Gasteiger partial charge in [-0.1, -0.05) is 53.1 Å². The number of anilines is 1. The van der Waals surface area contributed by atoms with Crippen molar-refractivity contribution in [2.24, 2.45) is 0 Å². The van der Waals surface area contributed by atoms with Gasteiger partial charge in [0.05, 0.1) is 6.54 Å². The van der Waals surface area contributed by atoms with Crippen LogP contribution >= 0.6 is 11.6 Å². The van der Waals surface area contributed by atoms with Gasteiger partial charge in [0.15, 0.2) is 0 Å². The first kappa shape index (κ1) is 17.0.